The molecule has 0 radical (unpaired) electrons. The second kappa shape index (κ2) is 3.61. The lowest BCUT2D eigenvalue weighted by atomic mass is 10.2. The molecule has 0 aliphatic heterocycles. The molecular weight excluding hydrogens is 268 g/mol. The fraction of sp³-hybridized carbons (Fsp3) is 0.111. The third-order valence-electron chi connectivity index (χ3n) is 1.87. The monoisotopic (exact) mass is 274 g/mol. The molecule has 0 aliphatic carbocycles. The fourth-order valence-electron chi connectivity index (χ4n) is 1.20. The molecule has 1 N–H and O–H groups in total. The predicted molar refractivity (Wildman–Crippen MR) is 62.7 cm³/mol. The van der Waals surface area contributed by atoms with E-state index in [9.17, 15) is 0 Å². The Hall–Kier alpha value is -0.0300. The molecule has 0 unspecified atom stereocenters. The average Bonchev–Trinajstić information content (AvgIpc) is 2.42. The van der Waals surface area contributed by atoms with Crippen molar-refractivity contribution in [1.29, 1.82) is 0 Å². The number of thiol groups is 1. The highest BCUT2D eigenvalue weighted by Gasteiger charge is 2.06. The van der Waals surface area contributed by atoms with Crippen LogP contribution in [0, 0.1) is 0 Å². The second-order valence-corrected chi connectivity index (χ2v) is 5.53. The van der Waals surface area contributed by atoms with Crippen LogP contribution in [0.4, 0.5) is 0 Å². The van der Waals surface area contributed by atoms with Crippen LogP contribution >= 0.6 is 39.9 Å². The zero-order valence-corrected chi connectivity index (χ0v) is 9.92. The summed E-state index contributed by atoms with van der Waals surface area (Å²) in [4.78, 5) is 0.976. The molecule has 4 heteroatoms. The molecule has 0 aliphatic rings. The lowest BCUT2D eigenvalue weighted by Crippen LogP contribution is -1.79. The van der Waals surface area contributed by atoms with Gasteiger partial charge in [0.15, 0.2) is 0 Å². The first-order valence-corrected chi connectivity index (χ1v) is 5.79. The molecule has 0 spiro atoms. The van der Waals surface area contributed by atoms with Gasteiger partial charge in [-0.3, -0.25) is 0 Å². The Morgan fingerprint density at radius 3 is 2.92 bits per heavy atom. The normalized spacial score (nSPS) is 11.0. The van der Waals surface area contributed by atoms with Gasteiger partial charge in [-0.1, -0.05) is 12.1 Å². The minimum absolute atomic E-state index is 0.0906. The number of hydrogen-bond donors (Lipinski definition) is 2. The van der Waals surface area contributed by atoms with E-state index in [-0.39, 0.29) is 6.61 Å². The van der Waals surface area contributed by atoms with Crippen LogP contribution < -0.4 is 0 Å². The van der Waals surface area contributed by atoms with Gasteiger partial charge in [-0.15, -0.1) is 24.0 Å². The van der Waals surface area contributed by atoms with Gasteiger partial charge in [0, 0.05) is 15.0 Å². The number of hydrogen-bond acceptors (Lipinski definition) is 3. The molecule has 2 rings (SSSR count). The van der Waals surface area contributed by atoms with Crippen molar-refractivity contribution >= 4 is 50.0 Å². The van der Waals surface area contributed by atoms with Gasteiger partial charge in [-0.2, -0.15) is 0 Å². The summed E-state index contributed by atoms with van der Waals surface area (Å²) < 4.78 is 2.20. The van der Waals surface area contributed by atoms with Crippen LogP contribution in [-0.4, -0.2) is 5.11 Å². The number of aliphatic hydroxyl groups excluding tert-OH is 1. The molecule has 0 saturated heterocycles. The number of aliphatic hydroxyl groups is 1. The highest BCUT2D eigenvalue weighted by atomic mass is 79.9. The zero-order valence-electron chi connectivity index (χ0n) is 6.62. The second-order valence-electron chi connectivity index (χ2n) is 2.71. The molecule has 13 heavy (non-hydrogen) atoms. The molecular formula is C9H7BrOS2. The lowest BCUT2D eigenvalue weighted by Gasteiger charge is -1.95. The molecule has 2 aromatic rings. The van der Waals surface area contributed by atoms with Gasteiger partial charge in [0.25, 0.3) is 0 Å². The largest absolute Gasteiger partial charge is 0.392 e. The molecule has 0 saturated carbocycles. The predicted octanol–water partition coefficient (Wildman–Crippen LogP) is 3.44. The lowest BCUT2D eigenvalue weighted by molar-refractivity contribution is 0.282. The quantitative estimate of drug-likeness (QED) is 0.764. The van der Waals surface area contributed by atoms with E-state index in [4.69, 9.17) is 5.11 Å². The highest BCUT2D eigenvalue weighted by molar-refractivity contribution is 9.11. The molecule has 0 fully saturated rings. The van der Waals surface area contributed by atoms with Crippen molar-refractivity contribution in [3.63, 3.8) is 0 Å². The zero-order chi connectivity index (χ0) is 9.42. The van der Waals surface area contributed by atoms with Crippen molar-refractivity contribution in [2.24, 2.45) is 0 Å². The molecule has 1 heterocycles. The summed E-state index contributed by atoms with van der Waals surface area (Å²) in [7, 11) is 0. The van der Waals surface area contributed by atoms with Crippen molar-refractivity contribution in [2.75, 3.05) is 0 Å². The summed E-state index contributed by atoms with van der Waals surface area (Å²) in [6.07, 6.45) is 0. The fourth-order valence-corrected chi connectivity index (χ4v) is 3.23. The van der Waals surface area contributed by atoms with Crippen molar-refractivity contribution in [2.45, 2.75) is 11.5 Å². The summed E-state index contributed by atoms with van der Waals surface area (Å²) in [6.45, 7) is 0.0906. The summed E-state index contributed by atoms with van der Waals surface area (Å²) in [5.41, 5.74) is 0.939. The molecule has 0 bridgehead atoms. The summed E-state index contributed by atoms with van der Waals surface area (Å²) in [5, 5.41) is 10.1. The molecule has 1 aromatic heterocycles. The maximum absolute atomic E-state index is 8.95. The number of thiophene rings is 1. The van der Waals surface area contributed by atoms with Gasteiger partial charge in [-0.25, -0.2) is 0 Å². The van der Waals surface area contributed by atoms with Crippen LogP contribution in [0.25, 0.3) is 10.1 Å². The van der Waals surface area contributed by atoms with Crippen LogP contribution in [0.15, 0.2) is 26.9 Å². The molecule has 1 aromatic carbocycles. The summed E-state index contributed by atoms with van der Waals surface area (Å²) in [6, 6.07) is 5.90. The summed E-state index contributed by atoms with van der Waals surface area (Å²) in [5.74, 6) is 0. The van der Waals surface area contributed by atoms with E-state index in [0.717, 1.165) is 24.3 Å². The third-order valence-corrected chi connectivity index (χ3v) is 4.61. The minimum Gasteiger partial charge on any atom is -0.392 e. The van der Waals surface area contributed by atoms with Crippen molar-refractivity contribution in [3.05, 3.63) is 27.5 Å². The Bertz CT molecular complexity index is 450. The molecule has 1 nitrogen and oxygen atoms in total. The first-order valence-electron chi connectivity index (χ1n) is 3.73. The Morgan fingerprint density at radius 2 is 2.23 bits per heavy atom. The Kier molecular flexibility index (Phi) is 2.65. The molecule has 0 atom stereocenters. The van der Waals surface area contributed by atoms with E-state index in [1.807, 2.05) is 18.2 Å². The molecule has 0 amide bonds. The first-order chi connectivity index (χ1) is 6.22. The number of halogens is 1. The van der Waals surface area contributed by atoms with Gasteiger partial charge in [0.2, 0.25) is 0 Å². The van der Waals surface area contributed by atoms with Gasteiger partial charge < -0.3 is 5.11 Å². The van der Waals surface area contributed by atoms with Crippen LogP contribution in [-0.2, 0) is 6.61 Å². The third kappa shape index (κ3) is 1.64. The number of benzene rings is 1. The van der Waals surface area contributed by atoms with Crippen molar-refractivity contribution < 1.29 is 5.11 Å². The van der Waals surface area contributed by atoms with Crippen molar-refractivity contribution in [3.8, 4) is 0 Å². The van der Waals surface area contributed by atoms with Crippen LogP contribution in [0.5, 0.6) is 0 Å². The maximum atomic E-state index is 8.95. The Balaban J connectivity index is 2.73. The SMILES string of the molecule is OCc1ccc2c(S)c(Br)sc2c1. The number of fused-ring (bicyclic) bond motifs is 1. The van der Waals surface area contributed by atoms with Crippen molar-refractivity contribution in [1.82, 2.24) is 0 Å². The van der Waals surface area contributed by atoms with E-state index in [1.54, 1.807) is 11.3 Å². The summed E-state index contributed by atoms with van der Waals surface area (Å²) >= 11 is 9.45. The highest BCUT2D eigenvalue weighted by Crippen LogP contribution is 2.38. The van der Waals surface area contributed by atoms with Crippen LogP contribution in [0.3, 0.4) is 0 Å². The van der Waals surface area contributed by atoms with Crippen LogP contribution in [0.1, 0.15) is 5.56 Å². The topological polar surface area (TPSA) is 20.2 Å². The van der Waals surface area contributed by atoms with Gasteiger partial charge in [-0.05, 0) is 27.6 Å². The van der Waals surface area contributed by atoms with E-state index in [1.165, 1.54) is 0 Å². The van der Waals surface area contributed by atoms with E-state index in [2.05, 4.69) is 28.6 Å². The van der Waals surface area contributed by atoms with Crippen LogP contribution in [0.2, 0.25) is 0 Å². The standard InChI is InChI=1S/C9H7BrOS2/c10-9-8(12)6-2-1-5(4-11)3-7(6)13-9/h1-3,11-12H,4H2. The van der Waals surface area contributed by atoms with E-state index < -0.39 is 0 Å². The Morgan fingerprint density at radius 1 is 1.46 bits per heavy atom. The van der Waals surface area contributed by atoms with E-state index in [0.29, 0.717) is 0 Å². The minimum atomic E-state index is 0.0906. The number of rotatable bonds is 1. The average molecular weight is 275 g/mol. The van der Waals surface area contributed by atoms with Gasteiger partial charge >= 0.3 is 0 Å². The van der Waals surface area contributed by atoms with Gasteiger partial charge in [0.1, 0.15) is 0 Å². The van der Waals surface area contributed by atoms with Gasteiger partial charge in [0.05, 0.1) is 10.4 Å². The van der Waals surface area contributed by atoms with E-state index >= 15 is 0 Å². The Labute approximate surface area is 93.9 Å². The maximum Gasteiger partial charge on any atom is 0.0844 e. The molecule has 68 valence electrons. The first kappa shape index (κ1) is 9.52. The smallest absolute Gasteiger partial charge is 0.0844 e.